The fourth-order valence-electron chi connectivity index (χ4n) is 2.11. The van der Waals surface area contributed by atoms with Crippen molar-refractivity contribution in [2.75, 3.05) is 5.32 Å². The number of hydrogen-bond acceptors (Lipinski definition) is 4. The van der Waals surface area contributed by atoms with Crippen molar-refractivity contribution in [3.63, 3.8) is 0 Å². The summed E-state index contributed by atoms with van der Waals surface area (Å²) in [5.41, 5.74) is 0. The number of nitrogens with one attached hydrogen (secondary N) is 2. The van der Waals surface area contributed by atoms with Crippen LogP contribution in [0, 0.1) is 0 Å². The zero-order chi connectivity index (χ0) is 12.1. The van der Waals surface area contributed by atoms with Crippen LogP contribution in [0.1, 0.15) is 25.7 Å². The third-order valence-corrected chi connectivity index (χ3v) is 2.95. The minimum absolute atomic E-state index is 0.0854. The number of carbonyl (C=O) groups is 1. The zero-order valence-electron chi connectivity index (χ0n) is 9.47. The van der Waals surface area contributed by atoms with E-state index in [2.05, 4.69) is 20.6 Å². The van der Waals surface area contributed by atoms with Crippen molar-refractivity contribution >= 4 is 12.0 Å². The van der Waals surface area contributed by atoms with E-state index in [1.807, 2.05) is 0 Å². The van der Waals surface area contributed by atoms with Crippen LogP contribution in [0.4, 0.5) is 10.7 Å². The average molecular weight is 236 g/mol. The number of rotatable bonds is 3. The summed E-state index contributed by atoms with van der Waals surface area (Å²) < 4.78 is 0. The van der Waals surface area contributed by atoms with E-state index in [0.29, 0.717) is 12.0 Å². The van der Waals surface area contributed by atoms with Crippen molar-refractivity contribution in [2.24, 2.45) is 0 Å². The highest BCUT2D eigenvalue weighted by Crippen LogP contribution is 2.20. The van der Waals surface area contributed by atoms with Gasteiger partial charge >= 0.3 is 6.09 Å². The van der Waals surface area contributed by atoms with Crippen molar-refractivity contribution in [3.05, 3.63) is 18.5 Å². The Hall–Kier alpha value is -1.85. The molecule has 0 saturated heterocycles. The highest BCUT2D eigenvalue weighted by molar-refractivity contribution is 5.64. The third kappa shape index (κ3) is 3.58. The lowest BCUT2D eigenvalue weighted by atomic mass is 9.91. The first-order valence-electron chi connectivity index (χ1n) is 5.77. The Morgan fingerprint density at radius 3 is 2.35 bits per heavy atom. The molecule has 1 aromatic heterocycles. The molecule has 3 N–H and O–H groups in total. The van der Waals surface area contributed by atoms with Gasteiger partial charge in [0.1, 0.15) is 0 Å². The van der Waals surface area contributed by atoms with E-state index in [0.717, 1.165) is 25.7 Å². The number of aromatic nitrogens is 2. The number of carboxylic acid groups (broad SMARTS) is 1. The maximum absolute atomic E-state index is 10.5. The van der Waals surface area contributed by atoms with E-state index in [1.54, 1.807) is 18.5 Å². The van der Waals surface area contributed by atoms with Gasteiger partial charge in [-0.25, -0.2) is 14.8 Å². The summed E-state index contributed by atoms with van der Waals surface area (Å²) in [6.45, 7) is 0. The number of amides is 1. The van der Waals surface area contributed by atoms with Crippen LogP contribution >= 0.6 is 0 Å². The van der Waals surface area contributed by atoms with Gasteiger partial charge in [-0.2, -0.15) is 0 Å². The Morgan fingerprint density at radius 2 is 1.76 bits per heavy atom. The highest BCUT2D eigenvalue weighted by Gasteiger charge is 2.22. The molecule has 0 bridgehead atoms. The second-order valence-electron chi connectivity index (χ2n) is 4.21. The Kier molecular flexibility index (Phi) is 3.74. The van der Waals surface area contributed by atoms with Crippen molar-refractivity contribution in [1.82, 2.24) is 15.3 Å². The molecule has 1 amide bonds. The monoisotopic (exact) mass is 236 g/mol. The summed E-state index contributed by atoms with van der Waals surface area (Å²) in [4.78, 5) is 18.7. The quantitative estimate of drug-likeness (QED) is 0.739. The summed E-state index contributed by atoms with van der Waals surface area (Å²) in [5.74, 6) is 0.641. The molecule has 1 aliphatic carbocycles. The molecule has 1 heterocycles. The fraction of sp³-hybridized carbons (Fsp3) is 0.545. The molecule has 6 nitrogen and oxygen atoms in total. The smallest absolute Gasteiger partial charge is 0.404 e. The molecule has 92 valence electrons. The Labute approximate surface area is 99.5 Å². The first-order chi connectivity index (χ1) is 8.24. The first kappa shape index (κ1) is 11.6. The Balaban J connectivity index is 1.78. The maximum atomic E-state index is 10.5. The van der Waals surface area contributed by atoms with Gasteiger partial charge in [0.25, 0.3) is 0 Å². The summed E-state index contributed by atoms with van der Waals surface area (Å²) in [7, 11) is 0. The van der Waals surface area contributed by atoms with E-state index in [9.17, 15) is 4.79 Å². The lowest BCUT2D eigenvalue weighted by molar-refractivity contribution is 0.185. The van der Waals surface area contributed by atoms with Gasteiger partial charge in [-0.15, -0.1) is 0 Å². The molecular weight excluding hydrogens is 220 g/mol. The lowest BCUT2D eigenvalue weighted by Gasteiger charge is -2.28. The van der Waals surface area contributed by atoms with Crippen LogP contribution < -0.4 is 10.6 Å². The molecule has 1 aliphatic rings. The molecule has 6 heteroatoms. The Bertz CT molecular complexity index is 363. The van der Waals surface area contributed by atoms with Crippen molar-refractivity contribution < 1.29 is 9.90 Å². The average Bonchev–Trinajstić information content (AvgIpc) is 2.32. The van der Waals surface area contributed by atoms with E-state index < -0.39 is 6.09 Å². The molecule has 0 atom stereocenters. The number of anilines is 1. The number of hydrogen-bond donors (Lipinski definition) is 3. The van der Waals surface area contributed by atoms with Crippen LogP contribution in [0.15, 0.2) is 18.5 Å². The fourth-order valence-corrected chi connectivity index (χ4v) is 2.11. The minimum Gasteiger partial charge on any atom is -0.465 e. The van der Waals surface area contributed by atoms with Crippen molar-refractivity contribution in [3.8, 4) is 0 Å². The first-order valence-corrected chi connectivity index (χ1v) is 5.77. The molecule has 0 aliphatic heterocycles. The standard InChI is InChI=1S/C11H16N4O2/c16-11(17)15-9-4-2-8(3-5-9)14-10-12-6-1-7-13-10/h1,6-9,15H,2-5H2,(H,16,17)(H,12,13,14)/t8-,9-. The van der Waals surface area contributed by atoms with Crippen LogP contribution in [0.25, 0.3) is 0 Å². The second-order valence-corrected chi connectivity index (χ2v) is 4.21. The lowest BCUT2D eigenvalue weighted by Crippen LogP contribution is -2.39. The Morgan fingerprint density at radius 1 is 1.18 bits per heavy atom. The van der Waals surface area contributed by atoms with Crippen molar-refractivity contribution in [2.45, 2.75) is 37.8 Å². The van der Waals surface area contributed by atoms with Gasteiger partial charge in [-0.3, -0.25) is 0 Å². The highest BCUT2D eigenvalue weighted by atomic mass is 16.4. The molecule has 0 radical (unpaired) electrons. The van der Waals surface area contributed by atoms with Crippen molar-refractivity contribution in [1.29, 1.82) is 0 Å². The maximum Gasteiger partial charge on any atom is 0.404 e. The van der Waals surface area contributed by atoms with E-state index >= 15 is 0 Å². The molecule has 0 spiro atoms. The molecule has 0 aromatic carbocycles. The summed E-state index contributed by atoms with van der Waals surface area (Å²) in [6, 6.07) is 2.20. The third-order valence-electron chi connectivity index (χ3n) is 2.95. The van der Waals surface area contributed by atoms with Gasteiger partial charge in [-0.1, -0.05) is 0 Å². The molecule has 1 aromatic rings. The largest absolute Gasteiger partial charge is 0.465 e. The number of nitrogens with zero attached hydrogens (tertiary/aromatic N) is 2. The second kappa shape index (κ2) is 5.47. The molecular formula is C11H16N4O2. The van der Waals surface area contributed by atoms with Gasteiger partial charge in [0, 0.05) is 24.5 Å². The molecule has 2 rings (SSSR count). The topological polar surface area (TPSA) is 87.1 Å². The summed E-state index contributed by atoms with van der Waals surface area (Å²) in [6.07, 6.45) is 6.05. The van der Waals surface area contributed by atoms with Gasteiger partial charge in [-0.05, 0) is 31.7 Å². The predicted molar refractivity (Wildman–Crippen MR) is 62.9 cm³/mol. The SMILES string of the molecule is O=C(O)N[C@H]1CC[C@H](Nc2ncccn2)CC1. The molecule has 17 heavy (non-hydrogen) atoms. The van der Waals surface area contributed by atoms with Crippen LogP contribution in [0.3, 0.4) is 0 Å². The predicted octanol–water partition coefficient (Wildman–Crippen LogP) is 1.47. The van der Waals surface area contributed by atoms with E-state index in [-0.39, 0.29) is 6.04 Å². The molecule has 1 saturated carbocycles. The summed E-state index contributed by atoms with van der Waals surface area (Å²) >= 11 is 0. The molecule has 0 unspecified atom stereocenters. The zero-order valence-corrected chi connectivity index (χ0v) is 9.47. The normalized spacial score (nSPS) is 24.0. The van der Waals surface area contributed by atoms with Gasteiger partial charge in [0.05, 0.1) is 0 Å². The van der Waals surface area contributed by atoms with Gasteiger partial charge in [0.15, 0.2) is 0 Å². The van der Waals surface area contributed by atoms with Crippen LogP contribution in [0.5, 0.6) is 0 Å². The van der Waals surface area contributed by atoms with E-state index in [4.69, 9.17) is 5.11 Å². The van der Waals surface area contributed by atoms with E-state index in [1.165, 1.54) is 0 Å². The van der Waals surface area contributed by atoms with Crippen LogP contribution in [0.2, 0.25) is 0 Å². The molecule has 1 fully saturated rings. The summed E-state index contributed by atoms with van der Waals surface area (Å²) in [5, 5.41) is 14.4. The van der Waals surface area contributed by atoms with Gasteiger partial charge < -0.3 is 15.7 Å². The minimum atomic E-state index is -0.937. The van der Waals surface area contributed by atoms with Gasteiger partial charge in [0.2, 0.25) is 5.95 Å². The van der Waals surface area contributed by atoms with Crippen LogP contribution in [-0.2, 0) is 0 Å². The van der Waals surface area contributed by atoms with Crippen LogP contribution in [-0.4, -0.2) is 33.3 Å².